The Labute approximate surface area is 94.4 Å². The average molecular weight is 252 g/mol. The first kappa shape index (κ1) is 13.5. The van der Waals surface area contributed by atoms with Crippen LogP contribution in [0.15, 0.2) is 0 Å². The molecule has 0 bridgehead atoms. The highest BCUT2D eigenvalue weighted by Gasteiger charge is 2.31. The molecule has 0 saturated carbocycles. The average Bonchev–Trinajstić information content (AvgIpc) is 2.20. The number of aliphatic hydroxyl groups excluding tert-OH is 1. The van der Waals surface area contributed by atoms with Gasteiger partial charge >= 0.3 is 0 Å². The van der Waals surface area contributed by atoms with Crippen LogP contribution in [0.3, 0.4) is 0 Å². The van der Waals surface area contributed by atoms with Gasteiger partial charge in [-0.2, -0.15) is 8.42 Å². The van der Waals surface area contributed by atoms with Crippen molar-refractivity contribution in [2.75, 3.05) is 39.3 Å². The van der Waals surface area contributed by atoms with E-state index in [-0.39, 0.29) is 12.9 Å². The molecule has 1 saturated heterocycles. The van der Waals surface area contributed by atoms with Crippen LogP contribution in [0.4, 0.5) is 0 Å². The van der Waals surface area contributed by atoms with Gasteiger partial charge in [0.15, 0.2) is 11.7 Å². The van der Waals surface area contributed by atoms with E-state index in [0.717, 1.165) is 0 Å². The van der Waals surface area contributed by atoms with Gasteiger partial charge in [0.25, 0.3) is 10.1 Å². The predicted molar refractivity (Wildman–Crippen MR) is 56.5 cm³/mol. The van der Waals surface area contributed by atoms with Crippen LogP contribution in [0.5, 0.6) is 0 Å². The molecule has 0 aromatic rings. The lowest BCUT2D eigenvalue weighted by atomic mass is 10.3. The first-order valence-electron chi connectivity index (χ1n) is 4.98. The summed E-state index contributed by atoms with van der Waals surface area (Å²) in [5.74, 6) is 0. The van der Waals surface area contributed by atoms with Crippen molar-refractivity contribution in [2.45, 2.75) is 5.37 Å². The molecule has 0 aromatic heterocycles. The van der Waals surface area contributed by atoms with Crippen LogP contribution in [-0.4, -0.2) is 78.9 Å². The van der Waals surface area contributed by atoms with Gasteiger partial charge in [-0.1, -0.05) is 0 Å². The Hall–Kier alpha value is -0.540. The summed E-state index contributed by atoms with van der Waals surface area (Å²) in [6.45, 7) is 2.48. The van der Waals surface area contributed by atoms with Gasteiger partial charge in [-0.25, -0.2) is 0 Å². The smallest absolute Gasteiger partial charge is 0.288 e. The minimum absolute atomic E-state index is 0.0510. The van der Waals surface area contributed by atoms with Crippen molar-refractivity contribution in [2.24, 2.45) is 0 Å². The molecule has 16 heavy (non-hydrogen) atoms. The summed E-state index contributed by atoms with van der Waals surface area (Å²) in [6.07, 6.45) is 0.233. The molecule has 1 fully saturated rings. The van der Waals surface area contributed by atoms with E-state index in [4.69, 9.17) is 9.66 Å². The van der Waals surface area contributed by atoms with Gasteiger partial charge in [-0.3, -0.25) is 14.4 Å². The highest BCUT2D eigenvalue weighted by atomic mass is 32.2. The van der Waals surface area contributed by atoms with Gasteiger partial charge in [-0.05, 0) is 0 Å². The maximum atomic E-state index is 10.9. The highest BCUT2D eigenvalue weighted by Crippen LogP contribution is 2.08. The highest BCUT2D eigenvalue weighted by molar-refractivity contribution is 7.87. The molecule has 7 nitrogen and oxygen atoms in total. The SMILES string of the molecule is O=CC(N1CCN(CCO)CC1)S(=O)(=O)O. The Bertz CT molecular complexity index is 323. The lowest BCUT2D eigenvalue weighted by molar-refractivity contribution is -0.110. The Balaban J connectivity index is 2.55. The van der Waals surface area contributed by atoms with E-state index in [9.17, 15) is 13.2 Å². The van der Waals surface area contributed by atoms with Crippen LogP contribution < -0.4 is 0 Å². The molecule has 1 rings (SSSR count). The lowest BCUT2D eigenvalue weighted by Gasteiger charge is -2.35. The molecular formula is C8H16N2O5S. The summed E-state index contributed by atoms with van der Waals surface area (Å²) in [5, 5.41) is 7.25. The second kappa shape index (κ2) is 5.69. The number of aldehydes is 1. The van der Waals surface area contributed by atoms with Crippen molar-refractivity contribution >= 4 is 16.4 Å². The minimum atomic E-state index is -4.35. The van der Waals surface area contributed by atoms with E-state index in [0.29, 0.717) is 32.7 Å². The van der Waals surface area contributed by atoms with Gasteiger partial charge in [0.1, 0.15) is 0 Å². The van der Waals surface area contributed by atoms with E-state index in [1.807, 2.05) is 4.90 Å². The molecule has 1 unspecified atom stereocenters. The van der Waals surface area contributed by atoms with Crippen molar-refractivity contribution in [3.63, 3.8) is 0 Å². The Kier molecular flexibility index (Phi) is 4.81. The van der Waals surface area contributed by atoms with Crippen LogP contribution in [0.1, 0.15) is 0 Å². The number of piperazine rings is 1. The first-order chi connectivity index (χ1) is 7.49. The molecule has 2 N–H and O–H groups in total. The summed E-state index contributed by atoms with van der Waals surface area (Å²) in [5.41, 5.74) is 0. The molecular weight excluding hydrogens is 236 g/mol. The van der Waals surface area contributed by atoms with Crippen molar-refractivity contribution in [3.05, 3.63) is 0 Å². The van der Waals surface area contributed by atoms with Gasteiger partial charge in [0.05, 0.1) is 6.61 Å². The van der Waals surface area contributed by atoms with Gasteiger partial charge in [-0.15, -0.1) is 0 Å². The number of hydrogen-bond donors (Lipinski definition) is 2. The number of β-amino-alcohol motifs (C(OH)–C–C–N with tert-alkyl or cyclic N) is 1. The molecule has 0 radical (unpaired) electrons. The number of carbonyl (C=O) groups excluding carboxylic acids is 1. The minimum Gasteiger partial charge on any atom is -0.395 e. The fraction of sp³-hybridized carbons (Fsp3) is 0.875. The summed E-state index contributed by atoms with van der Waals surface area (Å²) in [4.78, 5) is 14.0. The second-order valence-corrected chi connectivity index (χ2v) is 5.16. The van der Waals surface area contributed by atoms with Crippen molar-refractivity contribution < 1.29 is 22.9 Å². The summed E-state index contributed by atoms with van der Waals surface area (Å²) >= 11 is 0. The molecule has 0 spiro atoms. The second-order valence-electron chi connectivity index (χ2n) is 3.64. The van der Waals surface area contributed by atoms with Gasteiger partial charge in [0.2, 0.25) is 0 Å². The molecule has 0 aliphatic carbocycles. The van der Waals surface area contributed by atoms with Gasteiger partial charge < -0.3 is 9.90 Å². The monoisotopic (exact) mass is 252 g/mol. The zero-order valence-corrected chi connectivity index (χ0v) is 9.64. The molecule has 1 aliphatic rings. The number of aliphatic hydroxyl groups is 1. The standard InChI is InChI=1S/C8H16N2O5S/c11-6-5-9-1-3-10(4-2-9)8(7-12)16(13,14)15/h7-8,11H,1-6H2,(H,13,14,15). The molecule has 0 aromatic carbocycles. The zero-order valence-electron chi connectivity index (χ0n) is 8.82. The van der Waals surface area contributed by atoms with E-state index in [1.165, 1.54) is 4.90 Å². The lowest BCUT2D eigenvalue weighted by Crippen LogP contribution is -2.53. The van der Waals surface area contributed by atoms with E-state index >= 15 is 0 Å². The van der Waals surface area contributed by atoms with Crippen LogP contribution >= 0.6 is 0 Å². The first-order valence-corrected chi connectivity index (χ1v) is 6.48. The number of rotatable bonds is 5. The predicted octanol–water partition coefficient (Wildman–Crippen LogP) is -1.99. The Morgan fingerprint density at radius 1 is 1.25 bits per heavy atom. The summed E-state index contributed by atoms with van der Waals surface area (Å²) < 4.78 is 30.6. The van der Waals surface area contributed by atoms with Crippen LogP contribution in [0.25, 0.3) is 0 Å². The van der Waals surface area contributed by atoms with Crippen molar-refractivity contribution in [3.8, 4) is 0 Å². The molecule has 94 valence electrons. The fourth-order valence-corrected chi connectivity index (χ4v) is 2.46. The van der Waals surface area contributed by atoms with Crippen molar-refractivity contribution in [1.29, 1.82) is 0 Å². The third kappa shape index (κ3) is 3.49. The maximum Gasteiger partial charge on any atom is 0.288 e. The Morgan fingerprint density at radius 2 is 1.81 bits per heavy atom. The number of hydrogen-bond acceptors (Lipinski definition) is 6. The van der Waals surface area contributed by atoms with Crippen molar-refractivity contribution in [1.82, 2.24) is 9.80 Å². The van der Waals surface area contributed by atoms with Crippen LogP contribution in [0.2, 0.25) is 0 Å². The van der Waals surface area contributed by atoms with Crippen LogP contribution in [0, 0.1) is 0 Å². The summed E-state index contributed by atoms with van der Waals surface area (Å²) in [6, 6.07) is 0. The maximum absolute atomic E-state index is 10.9. The largest absolute Gasteiger partial charge is 0.395 e. The number of nitrogens with zero attached hydrogens (tertiary/aromatic N) is 2. The topological polar surface area (TPSA) is 98.2 Å². The molecule has 1 atom stereocenters. The normalized spacial score (nSPS) is 21.9. The van der Waals surface area contributed by atoms with E-state index in [2.05, 4.69) is 0 Å². The van der Waals surface area contributed by atoms with Crippen LogP contribution in [-0.2, 0) is 14.9 Å². The van der Waals surface area contributed by atoms with E-state index < -0.39 is 15.5 Å². The molecule has 1 aliphatic heterocycles. The fourth-order valence-electron chi connectivity index (χ4n) is 1.73. The summed E-state index contributed by atoms with van der Waals surface area (Å²) in [7, 11) is -4.35. The molecule has 0 amide bonds. The third-order valence-corrected chi connectivity index (χ3v) is 3.62. The third-order valence-electron chi connectivity index (χ3n) is 2.60. The van der Waals surface area contributed by atoms with E-state index in [1.54, 1.807) is 0 Å². The number of carbonyl (C=O) groups is 1. The molecule has 8 heteroatoms. The zero-order chi connectivity index (χ0) is 12.2. The quantitative estimate of drug-likeness (QED) is 0.432. The van der Waals surface area contributed by atoms with Gasteiger partial charge in [0, 0.05) is 32.7 Å². The Morgan fingerprint density at radius 3 is 2.19 bits per heavy atom. The molecule has 1 heterocycles.